The summed E-state index contributed by atoms with van der Waals surface area (Å²) in [5.41, 5.74) is 5.29. The van der Waals surface area contributed by atoms with Gasteiger partial charge in [-0.15, -0.1) is 0 Å². The fourth-order valence-corrected chi connectivity index (χ4v) is 3.76. The van der Waals surface area contributed by atoms with Gasteiger partial charge in [-0.3, -0.25) is 4.79 Å². The summed E-state index contributed by atoms with van der Waals surface area (Å²) in [6, 6.07) is 16.5. The Hall–Kier alpha value is -3.23. The van der Waals surface area contributed by atoms with Crippen molar-refractivity contribution >= 4 is 17.3 Å². The number of carbonyl (C=O) groups is 1. The van der Waals surface area contributed by atoms with Gasteiger partial charge in [-0.05, 0) is 36.4 Å². The highest BCUT2D eigenvalue weighted by Gasteiger charge is 2.55. The van der Waals surface area contributed by atoms with E-state index in [-0.39, 0.29) is 24.0 Å². The zero-order valence-corrected chi connectivity index (χ0v) is 15.6. The van der Waals surface area contributed by atoms with E-state index in [9.17, 15) is 4.79 Å². The Labute approximate surface area is 167 Å². The number of benzene rings is 2. The number of carbonyl (C=O) groups excluding carboxylic acids is 1. The first-order valence-electron chi connectivity index (χ1n) is 9.32. The second-order valence-corrected chi connectivity index (χ2v) is 6.94. The largest absolute Gasteiger partial charge is 0.497 e. The van der Waals surface area contributed by atoms with Crippen LogP contribution >= 0.6 is 0 Å². The molecule has 2 fully saturated rings. The second-order valence-electron chi connectivity index (χ2n) is 6.94. The third kappa shape index (κ3) is 3.16. The van der Waals surface area contributed by atoms with Gasteiger partial charge in [0.2, 0.25) is 0 Å². The van der Waals surface area contributed by atoms with Gasteiger partial charge in [0.25, 0.3) is 5.91 Å². The molecule has 1 amide bonds. The third-order valence-corrected chi connectivity index (χ3v) is 5.24. The maximum atomic E-state index is 12.4. The quantitative estimate of drug-likeness (QED) is 0.802. The van der Waals surface area contributed by atoms with Crippen molar-refractivity contribution < 1.29 is 23.8 Å². The van der Waals surface area contributed by atoms with Gasteiger partial charge in [-0.2, -0.15) is 5.10 Å². The van der Waals surface area contributed by atoms with Crippen molar-refractivity contribution in [3.8, 4) is 5.75 Å². The molecule has 29 heavy (non-hydrogen) atoms. The Bertz CT molecular complexity index is 974. The zero-order chi connectivity index (χ0) is 19.8. The summed E-state index contributed by atoms with van der Waals surface area (Å²) in [5.74, 6) is 0.173. The first kappa shape index (κ1) is 17.8. The molecule has 0 spiro atoms. The topological polar surface area (TPSA) is 90.7 Å². The third-order valence-electron chi connectivity index (χ3n) is 5.24. The average molecular weight is 393 g/mol. The standard InChI is InChI=1S/C21H19N3O5/c1-26-14-9-7-12(8-10-14)17-16-18(21-27-11-15(28-21)19(16)29-24-17)22-23-20(25)13-5-3-2-4-6-13/h2-10,15-16,19,21H,11H2,1H3,(H,23,25)/b22-18+/t15-,16+,19+,21+/m0/s1. The monoisotopic (exact) mass is 393 g/mol. The van der Waals surface area contributed by atoms with E-state index in [2.05, 4.69) is 15.7 Å². The smallest absolute Gasteiger partial charge is 0.271 e. The van der Waals surface area contributed by atoms with Crippen LogP contribution < -0.4 is 10.2 Å². The molecule has 1 N–H and O–H groups in total. The van der Waals surface area contributed by atoms with E-state index >= 15 is 0 Å². The van der Waals surface area contributed by atoms with Gasteiger partial charge in [-0.1, -0.05) is 23.4 Å². The van der Waals surface area contributed by atoms with Crippen LogP contribution in [0.1, 0.15) is 15.9 Å². The minimum Gasteiger partial charge on any atom is -0.497 e. The summed E-state index contributed by atoms with van der Waals surface area (Å²) < 4.78 is 16.8. The number of amides is 1. The highest BCUT2D eigenvalue weighted by molar-refractivity contribution is 6.17. The number of nitrogens with one attached hydrogen (secondary N) is 1. The number of fused-ring (bicyclic) bond motifs is 4. The summed E-state index contributed by atoms with van der Waals surface area (Å²) in [7, 11) is 1.62. The van der Waals surface area contributed by atoms with Crippen LogP contribution in [-0.2, 0) is 14.3 Å². The van der Waals surface area contributed by atoms with Crippen LogP contribution in [0.25, 0.3) is 0 Å². The van der Waals surface area contributed by atoms with E-state index < -0.39 is 6.29 Å². The van der Waals surface area contributed by atoms with Crippen molar-refractivity contribution in [3.05, 3.63) is 65.7 Å². The molecule has 0 unspecified atom stereocenters. The van der Waals surface area contributed by atoms with Gasteiger partial charge in [0, 0.05) is 11.1 Å². The lowest BCUT2D eigenvalue weighted by Crippen LogP contribution is -2.49. The Morgan fingerprint density at radius 3 is 2.72 bits per heavy atom. The van der Waals surface area contributed by atoms with E-state index in [1.54, 1.807) is 31.4 Å². The van der Waals surface area contributed by atoms with E-state index in [1.165, 1.54) is 0 Å². The van der Waals surface area contributed by atoms with Crippen molar-refractivity contribution in [2.45, 2.75) is 18.5 Å². The molecule has 5 rings (SSSR count). The number of nitrogens with zero attached hydrogens (tertiary/aromatic N) is 2. The molecule has 0 saturated carbocycles. The van der Waals surface area contributed by atoms with Gasteiger partial charge in [0.15, 0.2) is 12.4 Å². The highest BCUT2D eigenvalue weighted by atomic mass is 16.7. The predicted octanol–water partition coefficient (Wildman–Crippen LogP) is 1.96. The Kier molecular flexibility index (Phi) is 4.49. The summed E-state index contributed by atoms with van der Waals surface area (Å²) in [6.45, 7) is 0.392. The lowest BCUT2D eigenvalue weighted by atomic mass is 9.84. The van der Waals surface area contributed by atoms with Crippen LogP contribution in [0, 0.1) is 5.92 Å². The molecule has 148 valence electrons. The van der Waals surface area contributed by atoms with Crippen molar-refractivity contribution in [1.82, 2.24) is 5.43 Å². The zero-order valence-electron chi connectivity index (χ0n) is 15.6. The van der Waals surface area contributed by atoms with Crippen LogP contribution in [0.2, 0.25) is 0 Å². The molecule has 8 heteroatoms. The fraction of sp³-hybridized carbons (Fsp3) is 0.286. The van der Waals surface area contributed by atoms with Crippen LogP contribution in [0.3, 0.4) is 0 Å². The fourth-order valence-electron chi connectivity index (χ4n) is 3.76. The second kappa shape index (κ2) is 7.31. The first-order valence-corrected chi connectivity index (χ1v) is 9.32. The molecule has 2 bridgehead atoms. The molecule has 0 aromatic heterocycles. The molecule has 3 heterocycles. The first-order chi connectivity index (χ1) is 14.2. The Morgan fingerprint density at radius 2 is 1.97 bits per heavy atom. The number of hydrogen-bond acceptors (Lipinski definition) is 7. The molecule has 2 aromatic carbocycles. The van der Waals surface area contributed by atoms with Crippen LogP contribution in [-0.4, -0.2) is 49.5 Å². The summed E-state index contributed by atoms with van der Waals surface area (Å²) in [4.78, 5) is 18.1. The number of hydrazone groups is 1. The lowest BCUT2D eigenvalue weighted by molar-refractivity contribution is -0.0812. The van der Waals surface area contributed by atoms with Crippen LogP contribution in [0.5, 0.6) is 5.75 Å². The Morgan fingerprint density at radius 1 is 1.17 bits per heavy atom. The molecular weight excluding hydrogens is 374 g/mol. The van der Waals surface area contributed by atoms with Gasteiger partial charge in [0.05, 0.1) is 25.3 Å². The van der Waals surface area contributed by atoms with E-state index in [0.29, 0.717) is 17.9 Å². The SMILES string of the molecule is COc1ccc(C2=NO[C@@H]3[C@@H]4CO[C@H](O4)/C(=N/NC(=O)c4ccccc4)[C@@H]23)cc1. The molecule has 0 radical (unpaired) electrons. The number of rotatable bonds is 4. The maximum absolute atomic E-state index is 12.4. The maximum Gasteiger partial charge on any atom is 0.271 e. The van der Waals surface area contributed by atoms with Gasteiger partial charge in [0.1, 0.15) is 17.6 Å². The summed E-state index contributed by atoms with van der Waals surface area (Å²) in [6.07, 6.45) is -1.21. The number of ether oxygens (including phenoxy) is 3. The number of hydrogen-bond donors (Lipinski definition) is 1. The molecule has 4 atom stereocenters. The molecular formula is C21H19N3O5. The number of methoxy groups -OCH3 is 1. The molecule has 0 aliphatic carbocycles. The summed E-state index contributed by atoms with van der Waals surface area (Å²) in [5, 5.41) is 8.68. The molecule has 3 aliphatic heterocycles. The van der Waals surface area contributed by atoms with Crippen LogP contribution in [0.15, 0.2) is 64.9 Å². The van der Waals surface area contributed by atoms with Gasteiger partial charge >= 0.3 is 0 Å². The minimum atomic E-state index is -0.637. The van der Waals surface area contributed by atoms with Crippen molar-refractivity contribution in [3.63, 3.8) is 0 Å². The van der Waals surface area contributed by atoms with Crippen molar-refractivity contribution in [1.29, 1.82) is 0 Å². The minimum absolute atomic E-state index is 0.228. The average Bonchev–Trinajstić information content (AvgIpc) is 3.40. The van der Waals surface area contributed by atoms with Crippen LogP contribution in [0.4, 0.5) is 0 Å². The van der Waals surface area contributed by atoms with E-state index in [1.807, 2.05) is 30.3 Å². The van der Waals surface area contributed by atoms with E-state index in [0.717, 1.165) is 17.0 Å². The van der Waals surface area contributed by atoms with E-state index in [4.69, 9.17) is 19.0 Å². The van der Waals surface area contributed by atoms with Gasteiger partial charge in [-0.25, -0.2) is 5.43 Å². The molecule has 8 nitrogen and oxygen atoms in total. The predicted molar refractivity (Wildman–Crippen MR) is 104 cm³/mol. The Balaban J connectivity index is 1.44. The van der Waals surface area contributed by atoms with Crippen molar-refractivity contribution in [2.24, 2.45) is 16.2 Å². The molecule has 2 saturated heterocycles. The highest BCUT2D eigenvalue weighted by Crippen LogP contribution is 2.38. The normalized spacial score (nSPS) is 28.4. The number of oxime groups is 1. The molecule has 2 aromatic rings. The summed E-state index contributed by atoms with van der Waals surface area (Å²) >= 11 is 0. The lowest BCUT2D eigenvalue weighted by Gasteiger charge is -2.30. The van der Waals surface area contributed by atoms with Gasteiger partial charge < -0.3 is 19.0 Å². The molecule has 3 aliphatic rings. The van der Waals surface area contributed by atoms with Crippen molar-refractivity contribution in [2.75, 3.05) is 13.7 Å².